The van der Waals surface area contributed by atoms with Crippen LogP contribution >= 0.6 is 12.2 Å². The van der Waals surface area contributed by atoms with E-state index in [0.29, 0.717) is 5.56 Å². The zero-order valence-electron chi connectivity index (χ0n) is 18.7. The van der Waals surface area contributed by atoms with Gasteiger partial charge in [0.15, 0.2) is 5.11 Å². The van der Waals surface area contributed by atoms with Crippen LogP contribution in [0.5, 0.6) is 0 Å². The molecular formula is C28H20FN3O2S. The zero-order chi connectivity index (χ0) is 24.5. The number of benzene rings is 3. The third-order valence-electron chi connectivity index (χ3n) is 5.77. The molecule has 2 amide bonds. The number of halogens is 1. The van der Waals surface area contributed by atoms with E-state index in [0.717, 1.165) is 27.5 Å². The van der Waals surface area contributed by atoms with Gasteiger partial charge in [0, 0.05) is 16.9 Å². The number of carbonyl (C=O) groups excluding carboxylic acids is 2. The van der Waals surface area contributed by atoms with Crippen molar-refractivity contribution in [2.24, 2.45) is 0 Å². The molecular weight excluding hydrogens is 461 g/mol. The summed E-state index contributed by atoms with van der Waals surface area (Å²) in [6.45, 7) is 1.96. The first-order valence-corrected chi connectivity index (χ1v) is 11.4. The monoisotopic (exact) mass is 481 g/mol. The number of nitrogens with zero attached hydrogens (tertiary/aromatic N) is 2. The van der Waals surface area contributed by atoms with Gasteiger partial charge in [-0.05, 0) is 61.1 Å². The van der Waals surface area contributed by atoms with Crippen molar-refractivity contribution < 1.29 is 14.0 Å². The van der Waals surface area contributed by atoms with E-state index in [1.165, 1.54) is 18.2 Å². The maximum absolute atomic E-state index is 14.5. The molecule has 1 aliphatic rings. The highest BCUT2D eigenvalue weighted by Crippen LogP contribution is 2.33. The van der Waals surface area contributed by atoms with Crippen molar-refractivity contribution in [3.05, 3.63) is 114 Å². The summed E-state index contributed by atoms with van der Waals surface area (Å²) in [5, 5.41) is 2.36. The lowest BCUT2D eigenvalue weighted by atomic mass is 10.0. The highest BCUT2D eigenvalue weighted by atomic mass is 32.1. The van der Waals surface area contributed by atoms with E-state index in [2.05, 4.69) is 9.88 Å². The summed E-state index contributed by atoms with van der Waals surface area (Å²) in [5.41, 5.74) is 4.14. The lowest BCUT2D eigenvalue weighted by Gasteiger charge is -2.29. The number of rotatable bonds is 4. The molecule has 0 radical (unpaired) electrons. The predicted octanol–water partition coefficient (Wildman–Crippen LogP) is 5.42. The standard InChI is InChI=1S/C28H20FN3O2S/c1-18-16-20(25(19-10-4-2-5-11-19)31(18)21-12-6-3-7-13-21)17-22-26(33)30-28(35)32(27(22)34)24-15-9-8-14-23(24)29/h2-17H,1H3,(H,30,33,35)/b22-17+. The first-order valence-electron chi connectivity index (χ1n) is 10.9. The average Bonchev–Trinajstić information content (AvgIpc) is 3.19. The number of anilines is 1. The lowest BCUT2D eigenvalue weighted by molar-refractivity contribution is -0.122. The molecule has 4 aromatic rings. The Morgan fingerprint density at radius 2 is 1.51 bits per heavy atom. The average molecular weight is 482 g/mol. The van der Waals surface area contributed by atoms with Gasteiger partial charge in [-0.15, -0.1) is 0 Å². The molecule has 5 rings (SSSR count). The van der Waals surface area contributed by atoms with Crippen LogP contribution in [0.1, 0.15) is 11.3 Å². The minimum atomic E-state index is -0.687. The Labute approximate surface area is 207 Å². The summed E-state index contributed by atoms with van der Waals surface area (Å²) in [7, 11) is 0. The molecule has 35 heavy (non-hydrogen) atoms. The van der Waals surface area contributed by atoms with Crippen LogP contribution in [-0.4, -0.2) is 21.5 Å². The summed E-state index contributed by atoms with van der Waals surface area (Å²) >= 11 is 5.21. The molecule has 0 saturated carbocycles. The number of nitrogens with one attached hydrogen (secondary N) is 1. The summed E-state index contributed by atoms with van der Waals surface area (Å²) in [4.78, 5) is 27.3. The molecule has 5 nitrogen and oxygen atoms in total. The molecule has 0 atom stereocenters. The molecule has 172 valence electrons. The molecule has 0 spiro atoms. The van der Waals surface area contributed by atoms with Crippen LogP contribution in [0.4, 0.5) is 10.1 Å². The normalized spacial score (nSPS) is 15.0. The number of aromatic nitrogens is 1. The molecule has 1 aromatic heterocycles. The molecule has 1 fully saturated rings. The molecule has 0 aliphatic carbocycles. The smallest absolute Gasteiger partial charge is 0.270 e. The van der Waals surface area contributed by atoms with E-state index in [4.69, 9.17) is 12.2 Å². The van der Waals surface area contributed by atoms with Crippen LogP contribution in [0.2, 0.25) is 0 Å². The largest absolute Gasteiger partial charge is 0.313 e. The second kappa shape index (κ2) is 9.12. The van der Waals surface area contributed by atoms with Crippen LogP contribution in [0.15, 0.2) is 96.6 Å². The summed E-state index contributed by atoms with van der Waals surface area (Å²) in [6, 6.07) is 27.3. The van der Waals surface area contributed by atoms with Crippen molar-refractivity contribution in [3.8, 4) is 16.9 Å². The lowest BCUT2D eigenvalue weighted by Crippen LogP contribution is -2.54. The Balaban J connectivity index is 1.69. The molecule has 1 aliphatic heterocycles. The minimum absolute atomic E-state index is 0.0188. The fourth-order valence-corrected chi connectivity index (χ4v) is 4.51. The van der Waals surface area contributed by atoms with Gasteiger partial charge in [-0.1, -0.05) is 60.7 Å². The Morgan fingerprint density at radius 1 is 0.886 bits per heavy atom. The van der Waals surface area contributed by atoms with Crippen LogP contribution in [0.25, 0.3) is 23.0 Å². The maximum Gasteiger partial charge on any atom is 0.270 e. The summed E-state index contributed by atoms with van der Waals surface area (Å²) in [5.74, 6) is -1.93. The molecule has 1 N–H and O–H groups in total. The van der Waals surface area contributed by atoms with Crippen molar-refractivity contribution in [1.29, 1.82) is 0 Å². The van der Waals surface area contributed by atoms with E-state index in [1.807, 2.05) is 73.7 Å². The topological polar surface area (TPSA) is 54.3 Å². The number of amides is 2. The van der Waals surface area contributed by atoms with Gasteiger partial charge in [-0.2, -0.15) is 0 Å². The van der Waals surface area contributed by atoms with Crippen LogP contribution in [0, 0.1) is 12.7 Å². The number of carbonyl (C=O) groups is 2. The maximum atomic E-state index is 14.5. The Morgan fingerprint density at radius 3 is 2.20 bits per heavy atom. The molecule has 7 heteroatoms. The molecule has 0 unspecified atom stereocenters. The van der Waals surface area contributed by atoms with E-state index >= 15 is 0 Å². The van der Waals surface area contributed by atoms with Gasteiger partial charge < -0.3 is 4.57 Å². The fraction of sp³-hybridized carbons (Fsp3) is 0.0357. The zero-order valence-corrected chi connectivity index (χ0v) is 19.6. The van der Waals surface area contributed by atoms with Crippen LogP contribution in [0.3, 0.4) is 0 Å². The number of hydrogen-bond donors (Lipinski definition) is 1. The van der Waals surface area contributed by atoms with Crippen LogP contribution in [-0.2, 0) is 9.59 Å². The van der Waals surface area contributed by atoms with Crippen molar-refractivity contribution in [1.82, 2.24) is 9.88 Å². The molecule has 1 saturated heterocycles. The van der Waals surface area contributed by atoms with Crippen molar-refractivity contribution in [3.63, 3.8) is 0 Å². The van der Waals surface area contributed by atoms with Gasteiger partial charge in [-0.3, -0.25) is 14.9 Å². The second-order valence-corrected chi connectivity index (χ2v) is 8.42. The van der Waals surface area contributed by atoms with Gasteiger partial charge in [0.1, 0.15) is 11.4 Å². The third-order valence-corrected chi connectivity index (χ3v) is 6.06. The summed E-state index contributed by atoms with van der Waals surface area (Å²) < 4.78 is 16.6. The third kappa shape index (κ3) is 4.06. The van der Waals surface area contributed by atoms with Gasteiger partial charge in [-0.25, -0.2) is 9.29 Å². The van der Waals surface area contributed by atoms with Crippen molar-refractivity contribution in [2.45, 2.75) is 6.92 Å². The quantitative estimate of drug-likeness (QED) is 0.241. The Bertz CT molecular complexity index is 1490. The van der Waals surface area contributed by atoms with E-state index in [-0.39, 0.29) is 16.4 Å². The van der Waals surface area contributed by atoms with Gasteiger partial charge in [0.25, 0.3) is 11.8 Å². The first kappa shape index (κ1) is 22.4. The SMILES string of the molecule is Cc1cc(/C=C2\C(=O)NC(=S)N(c3ccccc3F)C2=O)c(-c2ccccc2)n1-c1ccccc1. The fourth-order valence-electron chi connectivity index (χ4n) is 4.24. The number of thiocarbonyl (C=S) groups is 1. The van der Waals surface area contributed by atoms with E-state index in [1.54, 1.807) is 12.1 Å². The number of para-hydroxylation sites is 2. The van der Waals surface area contributed by atoms with E-state index in [9.17, 15) is 14.0 Å². The second-order valence-electron chi connectivity index (χ2n) is 8.04. The van der Waals surface area contributed by atoms with Crippen molar-refractivity contribution in [2.75, 3.05) is 4.90 Å². The molecule has 0 bridgehead atoms. The predicted molar refractivity (Wildman–Crippen MR) is 139 cm³/mol. The highest BCUT2D eigenvalue weighted by Gasteiger charge is 2.36. The molecule has 2 heterocycles. The summed E-state index contributed by atoms with van der Waals surface area (Å²) in [6.07, 6.45) is 1.54. The van der Waals surface area contributed by atoms with Gasteiger partial charge in [0.2, 0.25) is 0 Å². The van der Waals surface area contributed by atoms with E-state index < -0.39 is 17.6 Å². The van der Waals surface area contributed by atoms with Gasteiger partial charge >= 0.3 is 0 Å². The number of aryl methyl sites for hydroxylation is 1. The Hall–Kier alpha value is -4.36. The van der Waals surface area contributed by atoms with Crippen molar-refractivity contribution >= 4 is 40.9 Å². The molecule has 3 aromatic carbocycles. The minimum Gasteiger partial charge on any atom is -0.313 e. The van der Waals surface area contributed by atoms with Gasteiger partial charge in [0.05, 0.1) is 11.4 Å². The Kier molecular flexibility index (Phi) is 5.84. The van der Waals surface area contributed by atoms with Crippen LogP contribution < -0.4 is 10.2 Å². The highest BCUT2D eigenvalue weighted by molar-refractivity contribution is 7.80. The first-order chi connectivity index (χ1) is 17.0. The number of hydrogen-bond acceptors (Lipinski definition) is 3.